The number of carbonyl (C=O) groups is 1. The maximum Gasteiger partial charge on any atom is 0.339 e. The fourth-order valence-electron chi connectivity index (χ4n) is 2.56. The van der Waals surface area contributed by atoms with Crippen molar-refractivity contribution in [3.05, 3.63) is 59.2 Å². The number of aryl methyl sites for hydroxylation is 1. The lowest BCUT2D eigenvalue weighted by Gasteiger charge is -2.13. The van der Waals surface area contributed by atoms with E-state index in [0.29, 0.717) is 11.5 Å². The lowest BCUT2D eigenvalue weighted by atomic mass is 9.98. The van der Waals surface area contributed by atoms with Crippen LogP contribution in [0.25, 0.3) is 0 Å². The van der Waals surface area contributed by atoms with E-state index in [2.05, 4.69) is 10.9 Å². The smallest absolute Gasteiger partial charge is 0.339 e. The van der Waals surface area contributed by atoms with Crippen LogP contribution in [0.5, 0.6) is 11.5 Å². The topological polar surface area (TPSA) is 70.6 Å². The second-order valence-electron chi connectivity index (χ2n) is 5.44. The van der Waals surface area contributed by atoms with Gasteiger partial charge in [-0.3, -0.25) is 10.9 Å². The molecule has 0 aromatic heterocycles. The largest absolute Gasteiger partial charge is 0.478 e. The molecule has 0 spiro atoms. The van der Waals surface area contributed by atoms with Crippen LogP contribution in [-0.2, 0) is 0 Å². The van der Waals surface area contributed by atoms with Gasteiger partial charge in [0.15, 0.2) is 0 Å². The Morgan fingerprint density at radius 3 is 2.64 bits per heavy atom. The first kappa shape index (κ1) is 14.6. The zero-order chi connectivity index (χ0) is 15.5. The van der Waals surface area contributed by atoms with E-state index in [9.17, 15) is 9.90 Å². The summed E-state index contributed by atoms with van der Waals surface area (Å²) >= 11 is 0. The molecule has 0 radical (unpaired) electrons. The summed E-state index contributed by atoms with van der Waals surface area (Å²) in [5.74, 6) is 0.287. The zero-order valence-electron chi connectivity index (χ0n) is 12.3. The zero-order valence-corrected chi connectivity index (χ0v) is 12.3. The summed E-state index contributed by atoms with van der Waals surface area (Å²) in [5.41, 5.74) is 8.35. The number of hydrogen-bond acceptors (Lipinski definition) is 4. The van der Waals surface area contributed by atoms with Crippen LogP contribution < -0.4 is 15.6 Å². The van der Waals surface area contributed by atoms with Crippen LogP contribution in [0.1, 0.15) is 27.4 Å². The van der Waals surface area contributed by atoms with E-state index in [1.807, 2.05) is 37.3 Å². The highest BCUT2D eigenvalue weighted by molar-refractivity contribution is 5.91. The Hall–Kier alpha value is -2.37. The van der Waals surface area contributed by atoms with Gasteiger partial charge < -0.3 is 9.84 Å². The van der Waals surface area contributed by atoms with Crippen molar-refractivity contribution in [1.82, 2.24) is 10.9 Å². The predicted molar refractivity (Wildman–Crippen MR) is 83.4 cm³/mol. The fourth-order valence-corrected chi connectivity index (χ4v) is 2.56. The molecule has 1 aliphatic heterocycles. The average Bonchev–Trinajstić information content (AvgIpc) is 3.01. The third-order valence-electron chi connectivity index (χ3n) is 3.74. The van der Waals surface area contributed by atoms with Gasteiger partial charge in [-0.05, 0) is 42.3 Å². The monoisotopic (exact) mass is 298 g/mol. The molecule has 0 saturated carbocycles. The molecule has 2 aromatic rings. The Labute approximate surface area is 128 Å². The van der Waals surface area contributed by atoms with Crippen molar-refractivity contribution in [3.8, 4) is 11.5 Å². The summed E-state index contributed by atoms with van der Waals surface area (Å²) in [5, 5.41) is 9.45. The maximum atomic E-state index is 11.5. The summed E-state index contributed by atoms with van der Waals surface area (Å²) in [6.45, 7) is 3.54. The lowest BCUT2D eigenvalue weighted by molar-refractivity contribution is 0.0694. The van der Waals surface area contributed by atoms with E-state index in [0.717, 1.165) is 24.2 Å². The van der Waals surface area contributed by atoms with E-state index < -0.39 is 5.97 Å². The fraction of sp³-hybridized carbons (Fsp3) is 0.235. The van der Waals surface area contributed by atoms with Crippen LogP contribution in [0.2, 0.25) is 0 Å². The molecule has 3 N–H and O–H groups in total. The van der Waals surface area contributed by atoms with Crippen LogP contribution >= 0.6 is 0 Å². The Kier molecular flexibility index (Phi) is 4.09. The van der Waals surface area contributed by atoms with Gasteiger partial charge in [-0.2, -0.15) is 0 Å². The first-order chi connectivity index (χ1) is 10.6. The molecule has 5 heteroatoms. The Balaban J connectivity index is 1.91. The van der Waals surface area contributed by atoms with Crippen molar-refractivity contribution in [1.29, 1.82) is 0 Å². The van der Waals surface area contributed by atoms with Crippen molar-refractivity contribution in [2.45, 2.75) is 12.8 Å². The second kappa shape index (κ2) is 6.17. The highest BCUT2D eigenvalue weighted by Crippen LogP contribution is 2.29. The standard InChI is InChI=1S/C17H18N2O3/c1-11-3-2-4-14(7-11)22-16-6-5-12(8-15(16)17(20)21)13-9-18-19-10-13/h2-8,13,18-19H,9-10H2,1H3,(H,20,21). The van der Waals surface area contributed by atoms with Gasteiger partial charge in [0.05, 0.1) is 0 Å². The first-order valence-corrected chi connectivity index (χ1v) is 7.21. The minimum atomic E-state index is -0.983. The van der Waals surface area contributed by atoms with Crippen LogP contribution in [0.3, 0.4) is 0 Å². The first-order valence-electron chi connectivity index (χ1n) is 7.21. The van der Waals surface area contributed by atoms with Gasteiger partial charge in [0, 0.05) is 19.0 Å². The Morgan fingerprint density at radius 1 is 1.18 bits per heavy atom. The van der Waals surface area contributed by atoms with E-state index >= 15 is 0 Å². The van der Waals surface area contributed by atoms with Crippen molar-refractivity contribution in [3.63, 3.8) is 0 Å². The molecule has 0 amide bonds. The predicted octanol–water partition coefficient (Wildman–Crippen LogP) is 2.68. The number of carboxylic acids is 1. The number of ether oxygens (including phenoxy) is 1. The quantitative estimate of drug-likeness (QED) is 0.809. The van der Waals surface area contributed by atoms with Crippen molar-refractivity contribution in [2.75, 3.05) is 13.1 Å². The second-order valence-corrected chi connectivity index (χ2v) is 5.44. The van der Waals surface area contributed by atoms with Gasteiger partial charge in [-0.1, -0.05) is 18.2 Å². The van der Waals surface area contributed by atoms with Crippen molar-refractivity contribution >= 4 is 5.97 Å². The average molecular weight is 298 g/mol. The van der Waals surface area contributed by atoms with E-state index in [4.69, 9.17) is 4.74 Å². The van der Waals surface area contributed by atoms with Crippen molar-refractivity contribution < 1.29 is 14.6 Å². The molecule has 0 aliphatic carbocycles. The number of aromatic carboxylic acids is 1. The molecular weight excluding hydrogens is 280 g/mol. The molecule has 5 nitrogen and oxygen atoms in total. The summed E-state index contributed by atoms with van der Waals surface area (Å²) in [6.07, 6.45) is 0. The van der Waals surface area contributed by atoms with Crippen LogP contribution in [-0.4, -0.2) is 24.2 Å². The molecule has 0 bridgehead atoms. The molecule has 22 heavy (non-hydrogen) atoms. The number of carboxylic acid groups (broad SMARTS) is 1. The van der Waals surface area contributed by atoms with Gasteiger partial charge in [0.2, 0.25) is 0 Å². The van der Waals surface area contributed by atoms with Gasteiger partial charge >= 0.3 is 5.97 Å². The molecule has 1 fully saturated rings. The molecule has 0 atom stereocenters. The van der Waals surface area contributed by atoms with Gasteiger partial charge in [-0.25, -0.2) is 4.79 Å². The molecule has 1 saturated heterocycles. The summed E-state index contributed by atoms with van der Waals surface area (Å²) in [4.78, 5) is 11.5. The molecule has 2 aromatic carbocycles. The third-order valence-corrected chi connectivity index (χ3v) is 3.74. The number of rotatable bonds is 4. The summed E-state index contributed by atoms with van der Waals surface area (Å²) in [7, 11) is 0. The lowest BCUT2D eigenvalue weighted by Crippen LogP contribution is -2.21. The van der Waals surface area contributed by atoms with Crippen LogP contribution in [0.4, 0.5) is 0 Å². The molecule has 3 rings (SSSR count). The third kappa shape index (κ3) is 3.10. The highest BCUT2D eigenvalue weighted by atomic mass is 16.5. The van der Waals surface area contributed by atoms with Crippen LogP contribution in [0.15, 0.2) is 42.5 Å². The highest BCUT2D eigenvalue weighted by Gasteiger charge is 2.20. The van der Waals surface area contributed by atoms with Gasteiger partial charge in [0.25, 0.3) is 0 Å². The summed E-state index contributed by atoms with van der Waals surface area (Å²) < 4.78 is 5.76. The number of hydrazine groups is 1. The molecule has 0 unspecified atom stereocenters. The van der Waals surface area contributed by atoms with Gasteiger partial charge in [-0.15, -0.1) is 0 Å². The molecule has 1 heterocycles. The van der Waals surface area contributed by atoms with E-state index in [1.54, 1.807) is 12.1 Å². The Bertz CT molecular complexity index is 694. The minimum Gasteiger partial charge on any atom is -0.478 e. The minimum absolute atomic E-state index is 0.186. The summed E-state index contributed by atoms with van der Waals surface area (Å²) in [6, 6.07) is 12.9. The SMILES string of the molecule is Cc1cccc(Oc2ccc(C3CNNC3)cc2C(=O)O)c1. The number of hydrogen-bond donors (Lipinski definition) is 3. The number of nitrogens with one attached hydrogen (secondary N) is 2. The van der Waals surface area contributed by atoms with Gasteiger partial charge in [0.1, 0.15) is 17.1 Å². The Morgan fingerprint density at radius 2 is 1.95 bits per heavy atom. The molecule has 114 valence electrons. The van der Waals surface area contributed by atoms with Crippen LogP contribution in [0, 0.1) is 6.92 Å². The van der Waals surface area contributed by atoms with E-state index in [-0.39, 0.29) is 11.5 Å². The van der Waals surface area contributed by atoms with Crippen molar-refractivity contribution in [2.24, 2.45) is 0 Å². The molecule has 1 aliphatic rings. The normalized spacial score (nSPS) is 15.0. The maximum absolute atomic E-state index is 11.5. The number of benzene rings is 2. The van der Waals surface area contributed by atoms with E-state index in [1.165, 1.54) is 0 Å². The molecular formula is C17H18N2O3.